The van der Waals surface area contributed by atoms with E-state index in [1.54, 1.807) is 19.1 Å². The van der Waals surface area contributed by atoms with Crippen molar-refractivity contribution in [2.45, 2.75) is 11.8 Å². The Balaban J connectivity index is 2.97. The number of hydrogen-bond donors (Lipinski definition) is 2. The maximum absolute atomic E-state index is 11.1. The van der Waals surface area contributed by atoms with Crippen molar-refractivity contribution in [1.29, 1.82) is 0 Å². The van der Waals surface area contributed by atoms with Crippen molar-refractivity contribution < 1.29 is 13.0 Å². The van der Waals surface area contributed by atoms with Crippen LogP contribution in [0.2, 0.25) is 0 Å². The molecule has 0 saturated heterocycles. The van der Waals surface area contributed by atoms with Gasteiger partial charge in [-0.3, -0.25) is 4.55 Å². The van der Waals surface area contributed by atoms with Gasteiger partial charge >= 0.3 is 0 Å². The van der Waals surface area contributed by atoms with Gasteiger partial charge in [-0.1, -0.05) is 24.3 Å². The zero-order chi connectivity index (χ0) is 11.9. The van der Waals surface area contributed by atoms with E-state index in [4.69, 9.17) is 10.3 Å². The topological polar surface area (TPSA) is 80.4 Å². The zero-order valence-corrected chi connectivity index (χ0v) is 9.45. The molecule has 0 unspecified atom stereocenters. The van der Waals surface area contributed by atoms with E-state index in [0.717, 1.165) is 10.8 Å². The summed E-state index contributed by atoms with van der Waals surface area (Å²) in [4.78, 5) is -0.135. The number of hydrogen-bond acceptors (Lipinski definition) is 3. The van der Waals surface area contributed by atoms with Gasteiger partial charge in [0.15, 0.2) is 0 Å². The molecule has 0 bridgehead atoms. The molecule has 5 heteroatoms. The van der Waals surface area contributed by atoms with Gasteiger partial charge in [0.05, 0.1) is 4.90 Å². The minimum Gasteiger partial charge on any atom is -0.398 e. The van der Waals surface area contributed by atoms with Crippen LogP contribution in [-0.4, -0.2) is 13.0 Å². The summed E-state index contributed by atoms with van der Waals surface area (Å²) < 4.78 is 31.4. The van der Waals surface area contributed by atoms with E-state index >= 15 is 0 Å². The second kappa shape index (κ2) is 3.47. The van der Waals surface area contributed by atoms with E-state index in [0.29, 0.717) is 11.3 Å². The molecule has 4 nitrogen and oxygen atoms in total. The second-order valence-electron chi connectivity index (χ2n) is 3.61. The molecule has 0 amide bonds. The summed E-state index contributed by atoms with van der Waals surface area (Å²) in [5, 5.41) is 1.52. The maximum atomic E-state index is 11.1. The summed E-state index contributed by atoms with van der Waals surface area (Å²) in [5.41, 5.74) is 6.60. The lowest BCUT2D eigenvalue weighted by atomic mass is 10.0. The average molecular weight is 237 g/mol. The first kappa shape index (κ1) is 10.9. The molecule has 16 heavy (non-hydrogen) atoms. The van der Waals surface area contributed by atoms with E-state index in [2.05, 4.69) is 0 Å². The standard InChI is InChI=1S/C11H11NO3S/c1-7-8-4-2-3-5-9(8)10(12)6-11(7)16(13,14)15/h2-6H,12H2,1H3,(H,13,14,15). The Morgan fingerprint density at radius 2 is 1.75 bits per heavy atom. The van der Waals surface area contributed by atoms with Gasteiger partial charge in [-0.2, -0.15) is 8.42 Å². The van der Waals surface area contributed by atoms with Crippen molar-refractivity contribution in [3.05, 3.63) is 35.9 Å². The molecule has 2 rings (SSSR count). The van der Waals surface area contributed by atoms with Crippen LogP contribution in [0.25, 0.3) is 10.8 Å². The summed E-state index contributed by atoms with van der Waals surface area (Å²) in [6, 6.07) is 8.49. The lowest BCUT2D eigenvalue weighted by molar-refractivity contribution is 0.483. The molecular weight excluding hydrogens is 226 g/mol. The predicted molar refractivity (Wildman–Crippen MR) is 62.9 cm³/mol. The normalized spacial score (nSPS) is 11.9. The second-order valence-corrected chi connectivity index (χ2v) is 5.00. The van der Waals surface area contributed by atoms with Crippen molar-refractivity contribution >= 4 is 26.6 Å². The maximum Gasteiger partial charge on any atom is 0.294 e. The highest BCUT2D eigenvalue weighted by Gasteiger charge is 2.16. The molecule has 0 aliphatic rings. The van der Waals surface area contributed by atoms with E-state index < -0.39 is 10.1 Å². The molecule has 0 radical (unpaired) electrons. The number of anilines is 1. The predicted octanol–water partition coefficient (Wildman–Crippen LogP) is 1.98. The molecule has 0 aliphatic carbocycles. The highest BCUT2D eigenvalue weighted by molar-refractivity contribution is 7.85. The summed E-state index contributed by atoms with van der Waals surface area (Å²) in [7, 11) is -4.23. The molecule has 0 heterocycles. The first-order valence-corrected chi connectivity index (χ1v) is 6.10. The molecule has 0 aromatic heterocycles. The Labute approximate surface area is 93.4 Å². The van der Waals surface area contributed by atoms with Crippen molar-refractivity contribution in [1.82, 2.24) is 0 Å². The largest absolute Gasteiger partial charge is 0.398 e. The summed E-state index contributed by atoms with van der Waals surface area (Å²) in [5.74, 6) is 0. The molecule has 84 valence electrons. The third kappa shape index (κ3) is 1.64. The molecule has 0 fully saturated rings. The minimum atomic E-state index is -4.23. The number of rotatable bonds is 1. The smallest absolute Gasteiger partial charge is 0.294 e. The lowest BCUT2D eigenvalue weighted by Crippen LogP contribution is -2.03. The van der Waals surface area contributed by atoms with Crippen molar-refractivity contribution in [3.63, 3.8) is 0 Å². The SMILES string of the molecule is Cc1c(S(=O)(=O)O)cc(N)c2ccccc12. The van der Waals surface area contributed by atoms with E-state index in [9.17, 15) is 8.42 Å². The van der Waals surface area contributed by atoms with Crippen LogP contribution in [-0.2, 0) is 10.1 Å². The molecule has 0 spiro atoms. The highest BCUT2D eigenvalue weighted by atomic mass is 32.2. The van der Waals surface area contributed by atoms with Crippen LogP contribution >= 0.6 is 0 Å². The van der Waals surface area contributed by atoms with Crippen molar-refractivity contribution in [2.75, 3.05) is 5.73 Å². The monoisotopic (exact) mass is 237 g/mol. The quantitative estimate of drug-likeness (QED) is 0.587. The number of fused-ring (bicyclic) bond motifs is 1. The average Bonchev–Trinajstić information content (AvgIpc) is 2.22. The Morgan fingerprint density at radius 3 is 2.31 bits per heavy atom. The first-order valence-electron chi connectivity index (χ1n) is 4.66. The van der Waals surface area contributed by atoms with Gasteiger partial charge < -0.3 is 5.73 Å². The van der Waals surface area contributed by atoms with E-state index in [-0.39, 0.29) is 4.90 Å². The number of nitrogens with two attached hydrogens (primary N) is 1. The first-order chi connectivity index (χ1) is 7.41. The summed E-state index contributed by atoms with van der Waals surface area (Å²) >= 11 is 0. The molecule has 0 saturated carbocycles. The lowest BCUT2D eigenvalue weighted by Gasteiger charge is -2.09. The van der Waals surface area contributed by atoms with Crippen LogP contribution in [0.5, 0.6) is 0 Å². The Morgan fingerprint density at radius 1 is 1.19 bits per heavy atom. The van der Waals surface area contributed by atoms with Gasteiger partial charge in [-0.15, -0.1) is 0 Å². The highest BCUT2D eigenvalue weighted by Crippen LogP contribution is 2.29. The molecule has 2 aromatic rings. The Bertz CT molecular complexity index is 662. The van der Waals surface area contributed by atoms with Crippen LogP contribution in [0.3, 0.4) is 0 Å². The van der Waals surface area contributed by atoms with Gasteiger partial charge in [0.2, 0.25) is 0 Å². The van der Waals surface area contributed by atoms with E-state index in [1.165, 1.54) is 6.07 Å². The molecule has 0 aliphatic heterocycles. The van der Waals surface area contributed by atoms with Gasteiger partial charge in [-0.25, -0.2) is 0 Å². The molecule has 3 N–H and O–H groups in total. The fourth-order valence-electron chi connectivity index (χ4n) is 1.79. The van der Waals surface area contributed by atoms with Crippen molar-refractivity contribution in [2.24, 2.45) is 0 Å². The Hall–Kier alpha value is -1.59. The van der Waals surface area contributed by atoms with Gasteiger partial charge in [0.1, 0.15) is 0 Å². The molecule has 2 aromatic carbocycles. The van der Waals surface area contributed by atoms with E-state index in [1.807, 2.05) is 12.1 Å². The fraction of sp³-hybridized carbons (Fsp3) is 0.0909. The number of aryl methyl sites for hydroxylation is 1. The summed E-state index contributed by atoms with van der Waals surface area (Å²) in [6.07, 6.45) is 0. The van der Waals surface area contributed by atoms with Crippen LogP contribution in [0.4, 0.5) is 5.69 Å². The Kier molecular flexibility index (Phi) is 2.36. The molecule has 0 atom stereocenters. The zero-order valence-electron chi connectivity index (χ0n) is 8.64. The number of benzene rings is 2. The summed E-state index contributed by atoms with van der Waals surface area (Å²) in [6.45, 7) is 1.64. The van der Waals surface area contributed by atoms with Crippen LogP contribution < -0.4 is 5.73 Å². The minimum absolute atomic E-state index is 0.135. The van der Waals surface area contributed by atoms with Crippen molar-refractivity contribution in [3.8, 4) is 0 Å². The van der Waals surface area contributed by atoms with Crippen LogP contribution in [0, 0.1) is 6.92 Å². The van der Waals surface area contributed by atoms with Gasteiger partial charge in [0, 0.05) is 11.1 Å². The van der Waals surface area contributed by atoms with Crippen LogP contribution in [0.1, 0.15) is 5.56 Å². The third-order valence-corrected chi connectivity index (χ3v) is 3.56. The number of nitrogen functional groups attached to an aromatic ring is 1. The molecular formula is C11H11NO3S. The van der Waals surface area contributed by atoms with Gasteiger partial charge in [0.25, 0.3) is 10.1 Å². The van der Waals surface area contributed by atoms with Gasteiger partial charge in [-0.05, 0) is 23.9 Å². The third-order valence-electron chi connectivity index (χ3n) is 2.58. The fourth-order valence-corrected chi connectivity index (χ4v) is 2.56. The van der Waals surface area contributed by atoms with Crippen LogP contribution in [0.15, 0.2) is 35.2 Å².